The Balaban J connectivity index is 2.18. The van der Waals surface area contributed by atoms with Crippen LogP contribution in [0.1, 0.15) is 13.3 Å². The van der Waals surface area contributed by atoms with Crippen LogP contribution >= 0.6 is 0 Å². The first kappa shape index (κ1) is 8.02. The van der Waals surface area contributed by atoms with Crippen LogP contribution in [0.2, 0.25) is 0 Å². The van der Waals surface area contributed by atoms with E-state index in [1.165, 1.54) is 19.5 Å². The van der Waals surface area contributed by atoms with Crippen molar-refractivity contribution in [1.29, 1.82) is 0 Å². The monoisotopic (exact) mass is 142 g/mol. The molecule has 0 aromatic rings. The maximum atomic E-state index is 3.38. The van der Waals surface area contributed by atoms with E-state index in [0.717, 1.165) is 18.4 Å². The molecule has 1 aliphatic heterocycles. The molecule has 1 fully saturated rings. The van der Waals surface area contributed by atoms with Gasteiger partial charge in [-0.05, 0) is 44.9 Å². The molecule has 10 heavy (non-hydrogen) atoms. The Hall–Kier alpha value is -0.0800. The van der Waals surface area contributed by atoms with E-state index in [2.05, 4.69) is 17.6 Å². The summed E-state index contributed by atoms with van der Waals surface area (Å²) in [4.78, 5) is 0. The minimum atomic E-state index is 0.833. The van der Waals surface area contributed by atoms with Crippen molar-refractivity contribution < 1.29 is 0 Å². The van der Waals surface area contributed by atoms with Crippen molar-refractivity contribution in [1.82, 2.24) is 10.6 Å². The summed E-state index contributed by atoms with van der Waals surface area (Å²) in [5.74, 6) is 1.74. The summed E-state index contributed by atoms with van der Waals surface area (Å²) < 4.78 is 0. The van der Waals surface area contributed by atoms with Crippen LogP contribution in [-0.4, -0.2) is 26.7 Å². The molecule has 0 aromatic heterocycles. The molecule has 2 N–H and O–H groups in total. The van der Waals surface area contributed by atoms with E-state index in [4.69, 9.17) is 0 Å². The van der Waals surface area contributed by atoms with E-state index in [0.29, 0.717) is 0 Å². The molecule has 1 rings (SSSR count). The van der Waals surface area contributed by atoms with Gasteiger partial charge in [-0.25, -0.2) is 0 Å². The fraction of sp³-hybridized carbons (Fsp3) is 1.00. The van der Waals surface area contributed by atoms with Crippen LogP contribution < -0.4 is 10.6 Å². The number of hydrogen-bond acceptors (Lipinski definition) is 2. The lowest BCUT2D eigenvalue weighted by Crippen LogP contribution is -2.24. The molecule has 1 unspecified atom stereocenters. The smallest absolute Gasteiger partial charge is 0.00170 e. The molecule has 0 radical (unpaired) electrons. The fourth-order valence-electron chi connectivity index (χ4n) is 1.65. The Morgan fingerprint density at radius 3 is 3.00 bits per heavy atom. The van der Waals surface area contributed by atoms with Crippen LogP contribution in [0.5, 0.6) is 0 Å². The van der Waals surface area contributed by atoms with E-state index in [1.54, 1.807) is 0 Å². The van der Waals surface area contributed by atoms with Crippen molar-refractivity contribution in [2.45, 2.75) is 13.3 Å². The quantitative estimate of drug-likeness (QED) is 0.598. The van der Waals surface area contributed by atoms with Gasteiger partial charge in [0.2, 0.25) is 0 Å². The predicted molar refractivity (Wildman–Crippen MR) is 44.1 cm³/mol. The third-order valence-electron chi connectivity index (χ3n) is 2.43. The molecule has 1 heterocycles. The van der Waals surface area contributed by atoms with Crippen molar-refractivity contribution in [3.8, 4) is 0 Å². The predicted octanol–water partition coefficient (Wildman–Crippen LogP) is 0.451. The fourth-order valence-corrected chi connectivity index (χ4v) is 1.65. The molecule has 60 valence electrons. The lowest BCUT2D eigenvalue weighted by Gasteiger charge is -2.16. The summed E-state index contributed by atoms with van der Waals surface area (Å²) in [5.41, 5.74) is 0. The molecule has 0 aromatic carbocycles. The molecule has 0 bridgehead atoms. The highest BCUT2D eigenvalue weighted by Crippen LogP contribution is 2.17. The summed E-state index contributed by atoms with van der Waals surface area (Å²) in [7, 11) is 2.03. The lowest BCUT2D eigenvalue weighted by molar-refractivity contribution is 0.376. The van der Waals surface area contributed by atoms with Gasteiger partial charge in [-0.2, -0.15) is 0 Å². The Labute approximate surface area is 63.4 Å². The second kappa shape index (κ2) is 3.94. The summed E-state index contributed by atoms with van der Waals surface area (Å²) in [5, 5.41) is 6.60. The highest BCUT2D eigenvalue weighted by molar-refractivity contribution is 4.76. The van der Waals surface area contributed by atoms with Gasteiger partial charge >= 0.3 is 0 Å². The molecule has 2 atom stereocenters. The molecule has 0 spiro atoms. The largest absolute Gasteiger partial charge is 0.319 e. The average molecular weight is 142 g/mol. The molecular weight excluding hydrogens is 124 g/mol. The first-order valence-electron chi connectivity index (χ1n) is 4.20. The minimum absolute atomic E-state index is 0.833. The van der Waals surface area contributed by atoms with Gasteiger partial charge in [0, 0.05) is 0 Å². The maximum Gasteiger partial charge on any atom is -0.00170 e. The van der Waals surface area contributed by atoms with E-state index in [-0.39, 0.29) is 0 Å². The zero-order chi connectivity index (χ0) is 7.40. The molecule has 1 aliphatic rings. The van der Waals surface area contributed by atoms with E-state index >= 15 is 0 Å². The highest BCUT2D eigenvalue weighted by Gasteiger charge is 2.19. The molecule has 0 amide bonds. The molecule has 1 saturated heterocycles. The molecule has 0 saturated carbocycles. The van der Waals surface area contributed by atoms with Gasteiger partial charge in [-0.1, -0.05) is 6.92 Å². The van der Waals surface area contributed by atoms with Gasteiger partial charge in [0.25, 0.3) is 0 Å². The third kappa shape index (κ3) is 1.96. The standard InChI is InChI=1S/C8H18N2/c1-7(5-9-2)8-3-4-10-6-8/h7-10H,3-6H2,1-2H3/t7-,8?/m1/s1. The van der Waals surface area contributed by atoms with Gasteiger partial charge in [0.05, 0.1) is 0 Å². The van der Waals surface area contributed by atoms with E-state index in [9.17, 15) is 0 Å². The third-order valence-corrected chi connectivity index (χ3v) is 2.43. The van der Waals surface area contributed by atoms with Crippen molar-refractivity contribution in [3.05, 3.63) is 0 Å². The van der Waals surface area contributed by atoms with Crippen LogP contribution in [0.3, 0.4) is 0 Å². The second-order valence-corrected chi connectivity index (χ2v) is 3.29. The zero-order valence-corrected chi connectivity index (χ0v) is 6.98. The minimum Gasteiger partial charge on any atom is -0.319 e. The Kier molecular flexibility index (Phi) is 3.16. The number of rotatable bonds is 3. The molecular formula is C8H18N2. The summed E-state index contributed by atoms with van der Waals surface area (Å²) in [6.45, 7) is 5.93. The first-order valence-corrected chi connectivity index (χ1v) is 4.20. The van der Waals surface area contributed by atoms with Crippen LogP contribution in [0.4, 0.5) is 0 Å². The second-order valence-electron chi connectivity index (χ2n) is 3.29. The van der Waals surface area contributed by atoms with Gasteiger partial charge in [-0.15, -0.1) is 0 Å². The normalized spacial score (nSPS) is 28.8. The van der Waals surface area contributed by atoms with Crippen molar-refractivity contribution in [2.24, 2.45) is 11.8 Å². The SMILES string of the molecule is CNC[C@@H](C)C1CCNC1. The molecule has 0 aliphatic carbocycles. The van der Waals surface area contributed by atoms with Crippen molar-refractivity contribution in [2.75, 3.05) is 26.7 Å². The van der Waals surface area contributed by atoms with Crippen molar-refractivity contribution in [3.63, 3.8) is 0 Å². The first-order chi connectivity index (χ1) is 4.84. The van der Waals surface area contributed by atoms with Crippen LogP contribution in [-0.2, 0) is 0 Å². The number of hydrogen-bond donors (Lipinski definition) is 2. The summed E-state index contributed by atoms with van der Waals surface area (Å²) in [6.07, 6.45) is 1.36. The summed E-state index contributed by atoms with van der Waals surface area (Å²) >= 11 is 0. The topological polar surface area (TPSA) is 24.1 Å². The summed E-state index contributed by atoms with van der Waals surface area (Å²) in [6, 6.07) is 0. The Morgan fingerprint density at radius 1 is 1.70 bits per heavy atom. The highest BCUT2D eigenvalue weighted by atomic mass is 14.9. The van der Waals surface area contributed by atoms with Crippen molar-refractivity contribution >= 4 is 0 Å². The Morgan fingerprint density at radius 2 is 2.50 bits per heavy atom. The maximum absolute atomic E-state index is 3.38. The number of nitrogens with one attached hydrogen (secondary N) is 2. The van der Waals surface area contributed by atoms with Crippen LogP contribution in [0.15, 0.2) is 0 Å². The molecule has 2 heteroatoms. The zero-order valence-electron chi connectivity index (χ0n) is 6.98. The van der Waals surface area contributed by atoms with Gasteiger partial charge in [0.1, 0.15) is 0 Å². The Bertz CT molecular complexity index is 87.3. The van der Waals surface area contributed by atoms with Crippen LogP contribution in [0.25, 0.3) is 0 Å². The average Bonchev–Trinajstić information content (AvgIpc) is 2.38. The van der Waals surface area contributed by atoms with E-state index < -0.39 is 0 Å². The van der Waals surface area contributed by atoms with Gasteiger partial charge in [-0.3, -0.25) is 0 Å². The lowest BCUT2D eigenvalue weighted by atomic mass is 9.93. The van der Waals surface area contributed by atoms with Crippen LogP contribution in [0, 0.1) is 11.8 Å². The molecule has 2 nitrogen and oxygen atoms in total. The van der Waals surface area contributed by atoms with Gasteiger partial charge in [0.15, 0.2) is 0 Å². The van der Waals surface area contributed by atoms with Gasteiger partial charge < -0.3 is 10.6 Å². The van der Waals surface area contributed by atoms with E-state index in [1.807, 2.05) is 7.05 Å².